The molecule has 0 fully saturated rings. The van der Waals surface area contributed by atoms with Gasteiger partial charge in [-0.3, -0.25) is 0 Å². The van der Waals surface area contributed by atoms with Gasteiger partial charge in [-0.2, -0.15) is 0 Å². The Kier molecular flexibility index (Phi) is 2.20. The van der Waals surface area contributed by atoms with Crippen molar-refractivity contribution in [3.8, 4) is 17.0 Å². The molecule has 2 aromatic rings. The number of phenols is 1. The van der Waals surface area contributed by atoms with Crippen LogP contribution < -0.4 is 0 Å². The fourth-order valence-corrected chi connectivity index (χ4v) is 1.85. The van der Waals surface area contributed by atoms with Crippen molar-refractivity contribution in [2.75, 3.05) is 0 Å². The molecule has 0 radical (unpaired) electrons. The van der Waals surface area contributed by atoms with Gasteiger partial charge in [0.05, 0.1) is 11.2 Å². The Hall–Kier alpha value is -1.06. The van der Waals surface area contributed by atoms with Gasteiger partial charge in [-0.05, 0) is 24.3 Å². The Morgan fingerprint density at radius 1 is 1.23 bits per heavy atom. The first-order valence-corrected chi connectivity index (χ1v) is 4.91. The average molecular weight is 212 g/mol. The maximum Gasteiger partial charge on any atom is 0.121 e. The highest BCUT2D eigenvalue weighted by Crippen LogP contribution is 2.30. The number of hydrogen-bond donors (Lipinski definition) is 1. The van der Waals surface area contributed by atoms with Crippen LogP contribution in [0.25, 0.3) is 11.3 Å². The van der Waals surface area contributed by atoms with Gasteiger partial charge in [0.25, 0.3) is 0 Å². The van der Waals surface area contributed by atoms with E-state index in [0.29, 0.717) is 4.34 Å². The van der Waals surface area contributed by atoms with Crippen LogP contribution in [0.2, 0.25) is 4.34 Å². The lowest BCUT2D eigenvalue weighted by Crippen LogP contribution is -1.76. The zero-order valence-corrected chi connectivity index (χ0v) is 8.14. The molecule has 0 saturated carbocycles. The van der Waals surface area contributed by atoms with Crippen molar-refractivity contribution in [1.82, 2.24) is 4.98 Å². The van der Waals surface area contributed by atoms with Crippen LogP contribution in [0.1, 0.15) is 0 Å². The maximum atomic E-state index is 9.07. The van der Waals surface area contributed by atoms with E-state index in [2.05, 4.69) is 4.98 Å². The molecule has 2 nitrogen and oxygen atoms in total. The van der Waals surface area contributed by atoms with Crippen LogP contribution >= 0.6 is 22.9 Å². The van der Waals surface area contributed by atoms with E-state index >= 15 is 0 Å². The second-order valence-electron chi connectivity index (χ2n) is 2.52. The number of aromatic nitrogens is 1. The van der Waals surface area contributed by atoms with E-state index < -0.39 is 0 Å². The first-order valence-electron chi connectivity index (χ1n) is 3.66. The number of thiazole rings is 1. The van der Waals surface area contributed by atoms with Crippen LogP contribution in [-0.4, -0.2) is 10.1 Å². The zero-order chi connectivity index (χ0) is 9.26. The number of rotatable bonds is 1. The summed E-state index contributed by atoms with van der Waals surface area (Å²) >= 11 is 7.30. The third-order valence-corrected chi connectivity index (χ3v) is 2.72. The zero-order valence-electron chi connectivity index (χ0n) is 6.57. The molecule has 66 valence electrons. The minimum absolute atomic E-state index is 0.245. The third-order valence-electron chi connectivity index (χ3n) is 1.66. The van der Waals surface area contributed by atoms with Crippen LogP contribution in [0.4, 0.5) is 0 Å². The van der Waals surface area contributed by atoms with E-state index in [1.54, 1.807) is 29.8 Å². The molecule has 0 atom stereocenters. The van der Waals surface area contributed by atoms with Gasteiger partial charge in [0, 0.05) is 5.56 Å². The average Bonchev–Trinajstić information content (AvgIpc) is 2.53. The van der Waals surface area contributed by atoms with Gasteiger partial charge in [-0.25, -0.2) is 4.98 Å². The minimum Gasteiger partial charge on any atom is -0.508 e. The van der Waals surface area contributed by atoms with Crippen molar-refractivity contribution in [2.45, 2.75) is 0 Å². The summed E-state index contributed by atoms with van der Waals surface area (Å²) in [5.41, 5.74) is 3.39. The Bertz CT molecular complexity index is 410. The van der Waals surface area contributed by atoms with Crippen molar-refractivity contribution >= 4 is 22.9 Å². The third kappa shape index (κ3) is 1.66. The second kappa shape index (κ2) is 3.36. The quantitative estimate of drug-likeness (QED) is 0.786. The second-order valence-corrected chi connectivity index (χ2v) is 3.98. The van der Waals surface area contributed by atoms with Crippen LogP contribution in [0.15, 0.2) is 29.8 Å². The lowest BCUT2D eigenvalue weighted by Gasteiger charge is -1.97. The van der Waals surface area contributed by atoms with E-state index in [9.17, 15) is 0 Å². The van der Waals surface area contributed by atoms with Crippen LogP contribution in [0.5, 0.6) is 5.75 Å². The first-order chi connectivity index (χ1) is 6.27. The summed E-state index contributed by atoms with van der Waals surface area (Å²) in [4.78, 5) is 4.12. The summed E-state index contributed by atoms with van der Waals surface area (Å²) in [5, 5.41) is 9.07. The highest BCUT2D eigenvalue weighted by atomic mass is 35.5. The van der Waals surface area contributed by atoms with E-state index in [-0.39, 0.29) is 5.75 Å². The molecule has 1 aromatic heterocycles. The predicted octanol–water partition coefficient (Wildman–Crippen LogP) is 3.17. The molecule has 1 heterocycles. The molecule has 0 spiro atoms. The van der Waals surface area contributed by atoms with Gasteiger partial charge < -0.3 is 5.11 Å². The number of aromatic hydroxyl groups is 1. The number of phenolic OH excluding ortho intramolecular Hbond substituents is 1. The van der Waals surface area contributed by atoms with Crippen LogP contribution in [-0.2, 0) is 0 Å². The smallest absolute Gasteiger partial charge is 0.121 e. The molecule has 0 aliphatic rings. The minimum atomic E-state index is 0.245. The fourth-order valence-electron chi connectivity index (χ4n) is 1.04. The summed E-state index contributed by atoms with van der Waals surface area (Å²) in [6.07, 6.45) is 0. The lowest BCUT2D eigenvalue weighted by molar-refractivity contribution is 0.475. The molecule has 13 heavy (non-hydrogen) atoms. The highest BCUT2D eigenvalue weighted by molar-refractivity contribution is 7.14. The number of benzene rings is 1. The molecule has 2 rings (SSSR count). The first kappa shape index (κ1) is 8.53. The summed E-state index contributed by atoms with van der Waals surface area (Å²) in [6.45, 7) is 0. The Balaban J connectivity index is 2.47. The number of halogens is 1. The molecule has 0 aliphatic heterocycles. The fraction of sp³-hybridized carbons (Fsp3) is 0. The van der Waals surface area contributed by atoms with Crippen LogP contribution in [0, 0.1) is 0 Å². The summed E-state index contributed by atoms with van der Waals surface area (Å²) in [5.74, 6) is 0.245. The summed E-state index contributed by atoms with van der Waals surface area (Å²) < 4.78 is 0.672. The Labute approximate surface area is 84.4 Å². The van der Waals surface area contributed by atoms with Gasteiger partial charge in [-0.15, -0.1) is 11.3 Å². The normalized spacial score (nSPS) is 10.2. The Morgan fingerprint density at radius 3 is 2.46 bits per heavy atom. The van der Waals surface area contributed by atoms with E-state index in [4.69, 9.17) is 16.7 Å². The number of hydrogen-bond acceptors (Lipinski definition) is 3. The molecule has 1 aromatic carbocycles. The molecule has 0 saturated heterocycles. The van der Waals surface area contributed by atoms with Crippen molar-refractivity contribution < 1.29 is 5.11 Å². The molecule has 0 bridgehead atoms. The largest absolute Gasteiger partial charge is 0.508 e. The lowest BCUT2D eigenvalue weighted by atomic mass is 10.2. The number of nitrogens with zero attached hydrogens (tertiary/aromatic N) is 1. The van der Waals surface area contributed by atoms with Gasteiger partial charge in [-0.1, -0.05) is 11.6 Å². The SMILES string of the molecule is Oc1ccc(-c2ncsc2Cl)cc1. The Morgan fingerprint density at radius 2 is 1.92 bits per heavy atom. The summed E-state index contributed by atoms with van der Waals surface area (Å²) in [7, 11) is 0. The maximum absolute atomic E-state index is 9.07. The van der Waals surface area contributed by atoms with E-state index in [0.717, 1.165) is 11.3 Å². The standard InChI is InChI=1S/C9H6ClNOS/c10-9-8(11-5-13-9)6-1-3-7(12)4-2-6/h1-5,12H. The highest BCUT2D eigenvalue weighted by Gasteiger charge is 2.05. The van der Waals surface area contributed by atoms with E-state index in [1.165, 1.54) is 11.3 Å². The predicted molar refractivity (Wildman–Crippen MR) is 54.2 cm³/mol. The molecule has 4 heteroatoms. The van der Waals surface area contributed by atoms with Gasteiger partial charge in [0.2, 0.25) is 0 Å². The van der Waals surface area contributed by atoms with Gasteiger partial charge in [0.15, 0.2) is 0 Å². The molecule has 0 amide bonds. The van der Waals surface area contributed by atoms with Crippen molar-refractivity contribution in [2.24, 2.45) is 0 Å². The van der Waals surface area contributed by atoms with Crippen molar-refractivity contribution in [3.05, 3.63) is 34.1 Å². The van der Waals surface area contributed by atoms with Gasteiger partial charge >= 0.3 is 0 Å². The summed E-state index contributed by atoms with van der Waals surface area (Å²) in [6, 6.07) is 6.81. The van der Waals surface area contributed by atoms with Gasteiger partial charge in [0.1, 0.15) is 10.1 Å². The van der Waals surface area contributed by atoms with E-state index in [1.807, 2.05) is 0 Å². The molecule has 0 aliphatic carbocycles. The van der Waals surface area contributed by atoms with Crippen LogP contribution in [0.3, 0.4) is 0 Å². The van der Waals surface area contributed by atoms with Crippen molar-refractivity contribution in [3.63, 3.8) is 0 Å². The molecule has 0 unspecified atom stereocenters. The molecular formula is C9H6ClNOS. The van der Waals surface area contributed by atoms with Crippen molar-refractivity contribution in [1.29, 1.82) is 0 Å². The molecule has 1 N–H and O–H groups in total. The monoisotopic (exact) mass is 211 g/mol. The topological polar surface area (TPSA) is 33.1 Å². The molecular weight excluding hydrogens is 206 g/mol.